The van der Waals surface area contributed by atoms with Gasteiger partial charge in [-0.2, -0.15) is 0 Å². The molecule has 31 heavy (non-hydrogen) atoms. The Hall–Kier alpha value is -3.65. The second kappa shape index (κ2) is 7.24. The number of sulfonamides is 1. The van der Waals surface area contributed by atoms with E-state index in [2.05, 4.69) is 9.97 Å². The molecule has 8 heteroatoms. The smallest absolute Gasteiger partial charge is 0.265 e. The van der Waals surface area contributed by atoms with Crippen LogP contribution < -0.4 is 4.31 Å². The molecule has 0 radical (unpaired) electrons. The van der Waals surface area contributed by atoms with Gasteiger partial charge in [-0.3, -0.25) is 9.10 Å². The molecule has 2 heterocycles. The van der Waals surface area contributed by atoms with Gasteiger partial charge >= 0.3 is 0 Å². The van der Waals surface area contributed by atoms with Crippen LogP contribution >= 0.6 is 0 Å². The number of aromatic nitrogens is 2. The largest absolute Gasteiger partial charge is 0.341 e. The molecule has 0 saturated carbocycles. The van der Waals surface area contributed by atoms with E-state index in [1.807, 2.05) is 42.5 Å². The van der Waals surface area contributed by atoms with Gasteiger partial charge in [0.1, 0.15) is 12.4 Å². The van der Waals surface area contributed by atoms with Gasteiger partial charge in [-0.25, -0.2) is 13.4 Å². The number of amides is 1. The van der Waals surface area contributed by atoms with Crippen LogP contribution in [-0.2, 0) is 21.4 Å². The Labute approximate surface area is 180 Å². The Morgan fingerprint density at radius 1 is 1.03 bits per heavy atom. The van der Waals surface area contributed by atoms with Crippen LogP contribution in [-0.4, -0.2) is 42.8 Å². The monoisotopic (exact) mass is 432 g/mol. The standard InChI is InChI=1S/C23H20N4O3S/c1-26(14-21-24-13-18(25-21)16-7-3-2-4-8-16)22(28)15-27-19-11-5-9-17-10-6-12-20(23(17)19)31(27,29)30/h2-13H,14-15H2,1H3,(H,24,25). The molecule has 0 fully saturated rings. The molecule has 0 atom stereocenters. The summed E-state index contributed by atoms with van der Waals surface area (Å²) in [7, 11) is -2.13. The number of benzene rings is 3. The average molecular weight is 433 g/mol. The topological polar surface area (TPSA) is 86.4 Å². The van der Waals surface area contributed by atoms with Crippen LogP contribution in [0.5, 0.6) is 0 Å². The Morgan fingerprint density at radius 2 is 1.77 bits per heavy atom. The van der Waals surface area contributed by atoms with Crippen molar-refractivity contribution in [3.63, 3.8) is 0 Å². The number of anilines is 1. The molecule has 156 valence electrons. The number of hydrogen-bond acceptors (Lipinski definition) is 4. The van der Waals surface area contributed by atoms with Gasteiger partial charge in [-0.1, -0.05) is 54.6 Å². The number of likely N-dealkylation sites (N-methyl/N-ethyl adjacent to an activating group) is 1. The maximum Gasteiger partial charge on any atom is 0.265 e. The molecule has 0 unspecified atom stereocenters. The molecule has 1 amide bonds. The van der Waals surface area contributed by atoms with Crippen LogP contribution in [0.4, 0.5) is 5.69 Å². The van der Waals surface area contributed by atoms with Gasteiger partial charge in [0.15, 0.2) is 0 Å². The number of aromatic amines is 1. The van der Waals surface area contributed by atoms with Gasteiger partial charge in [-0.05, 0) is 23.1 Å². The van der Waals surface area contributed by atoms with E-state index >= 15 is 0 Å². The van der Waals surface area contributed by atoms with E-state index in [4.69, 9.17) is 0 Å². The Bertz CT molecular complexity index is 1390. The summed E-state index contributed by atoms with van der Waals surface area (Å²) in [5, 5.41) is 1.50. The number of imidazole rings is 1. The minimum Gasteiger partial charge on any atom is -0.341 e. The van der Waals surface area contributed by atoms with E-state index in [1.54, 1.807) is 37.5 Å². The molecule has 7 nitrogen and oxygen atoms in total. The number of carbonyl (C=O) groups is 1. The lowest BCUT2D eigenvalue weighted by molar-refractivity contribution is -0.128. The summed E-state index contributed by atoms with van der Waals surface area (Å²) >= 11 is 0. The zero-order valence-corrected chi connectivity index (χ0v) is 17.6. The van der Waals surface area contributed by atoms with Crippen LogP contribution in [0.1, 0.15) is 5.82 Å². The molecule has 0 aliphatic carbocycles. The van der Waals surface area contributed by atoms with Crippen molar-refractivity contribution in [1.82, 2.24) is 14.9 Å². The molecule has 1 aromatic heterocycles. The summed E-state index contributed by atoms with van der Waals surface area (Å²) in [6.45, 7) is -0.0183. The highest BCUT2D eigenvalue weighted by Crippen LogP contribution is 2.41. The second-order valence-electron chi connectivity index (χ2n) is 7.50. The summed E-state index contributed by atoms with van der Waals surface area (Å²) in [4.78, 5) is 22.2. The third kappa shape index (κ3) is 3.25. The second-order valence-corrected chi connectivity index (χ2v) is 9.33. The lowest BCUT2D eigenvalue weighted by Crippen LogP contribution is -2.39. The Kier molecular flexibility index (Phi) is 4.51. The fourth-order valence-electron chi connectivity index (χ4n) is 3.89. The summed E-state index contributed by atoms with van der Waals surface area (Å²) in [6, 6.07) is 20.4. The van der Waals surface area contributed by atoms with Crippen molar-refractivity contribution in [3.05, 3.63) is 78.8 Å². The molecule has 1 N–H and O–H groups in total. The molecule has 0 spiro atoms. The number of carbonyl (C=O) groups excluding carboxylic acids is 1. The van der Waals surface area contributed by atoms with Crippen molar-refractivity contribution in [2.75, 3.05) is 17.9 Å². The first-order valence-electron chi connectivity index (χ1n) is 9.83. The highest BCUT2D eigenvalue weighted by molar-refractivity contribution is 7.93. The lowest BCUT2D eigenvalue weighted by Gasteiger charge is -2.22. The number of hydrogen-bond donors (Lipinski definition) is 1. The molecular formula is C23H20N4O3S. The van der Waals surface area contributed by atoms with E-state index in [-0.39, 0.29) is 23.9 Å². The molecule has 4 aromatic rings. The SMILES string of the molecule is CN(Cc1ncc(-c2ccccc2)[nH]1)C(=O)CN1c2cccc3cccc(c23)S1(=O)=O. The average Bonchev–Trinajstić information content (AvgIpc) is 3.33. The van der Waals surface area contributed by atoms with Gasteiger partial charge in [0.25, 0.3) is 10.0 Å². The molecule has 0 saturated heterocycles. The van der Waals surface area contributed by atoms with Gasteiger partial charge in [0, 0.05) is 12.4 Å². The first-order valence-corrected chi connectivity index (χ1v) is 11.3. The van der Waals surface area contributed by atoms with Crippen LogP contribution in [0.3, 0.4) is 0 Å². The van der Waals surface area contributed by atoms with Crippen molar-refractivity contribution in [3.8, 4) is 11.3 Å². The first kappa shape index (κ1) is 19.3. The number of nitrogens with zero attached hydrogens (tertiary/aromatic N) is 3. The van der Waals surface area contributed by atoms with Crippen molar-refractivity contribution in [1.29, 1.82) is 0 Å². The van der Waals surface area contributed by atoms with Gasteiger partial charge in [0.05, 0.1) is 29.0 Å². The van der Waals surface area contributed by atoms with Gasteiger partial charge in [-0.15, -0.1) is 0 Å². The van der Waals surface area contributed by atoms with Crippen LogP contribution in [0.2, 0.25) is 0 Å². The van der Waals surface area contributed by atoms with E-state index in [1.165, 1.54) is 9.21 Å². The van der Waals surface area contributed by atoms with Crippen molar-refractivity contribution >= 4 is 32.4 Å². The van der Waals surface area contributed by atoms with E-state index in [0.717, 1.165) is 16.6 Å². The number of nitrogens with one attached hydrogen (secondary N) is 1. The number of H-pyrrole nitrogens is 1. The van der Waals surface area contributed by atoms with E-state index in [0.29, 0.717) is 16.9 Å². The summed E-state index contributed by atoms with van der Waals surface area (Å²) < 4.78 is 27.4. The third-order valence-corrected chi connectivity index (χ3v) is 7.29. The zero-order valence-electron chi connectivity index (χ0n) is 16.8. The normalized spacial score (nSPS) is 14.2. The quantitative estimate of drug-likeness (QED) is 0.524. The van der Waals surface area contributed by atoms with E-state index < -0.39 is 10.0 Å². The fraction of sp³-hybridized carbons (Fsp3) is 0.130. The van der Waals surface area contributed by atoms with Crippen molar-refractivity contribution in [2.45, 2.75) is 11.4 Å². The summed E-state index contributed by atoms with van der Waals surface area (Å²) in [5.41, 5.74) is 2.41. The van der Waals surface area contributed by atoms with Crippen LogP contribution in [0.15, 0.2) is 77.8 Å². The number of rotatable bonds is 5. The summed E-state index contributed by atoms with van der Waals surface area (Å²) in [6.07, 6.45) is 1.73. The zero-order chi connectivity index (χ0) is 21.6. The predicted molar refractivity (Wildman–Crippen MR) is 119 cm³/mol. The minimum atomic E-state index is -3.77. The molecule has 1 aliphatic heterocycles. The maximum absolute atomic E-state index is 13.1. The molecule has 5 rings (SSSR count). The first-order chi connectivity index (χ1) is 14.9. The third-order valence-electron chi connectivity index (χ3n) is 5.49. The Balaban J connectivity index is 1.35. The minimum absolute atomic E-state index is 0.245. The molecule has 1 aliphatic rings. The van der Waals surface area contributed by atoms with Crippen LogP contribution in [0.25, 0.3) is 22.0 Å². The fourth-order valence-corrected chi connectivity index (χ4v) is 5.55. The predicted octanol–water partition coefficient (Wildman–Crippen LogP) is 3.40. The van der Waals surface area contributed by atoms with Gasteiger partial charge in [0.2, 0.25) is 5.91 Å². The lowest BCUT2D eigenvalue weighted by atomic mass is 10.1. The van der Waals surface area contributed by atoms with Crippen molar-refractivity contribution < 1.29 is 13.2 Å². The van der Waals surface area contributed by atoms with Crippen molar-refractivity contribution in [2.24, 2.45) is 0 Å². The van der Waals surface area contributed by atoms with E-state index in [9.17, 15) is 13.2 Å². The van der Waals surface area contributed by atoms with Crippen LogP contribution in [0, 0.1) is 0 Å². The molecule has 0 bridgehead atoms. The molecular weight excluding hydrogens is 412 g/mol. The van der Waals surface area contributed by atoms with Gasteiger partial charge < -0.3 is 9.88 Å². The summed E-state index contributed by atoms with van der Waals surface area (Å²) in [5.74, 6) is 0.315. The highest BCUT2D eigenvalue weighted by atomic mass is 32.2. The maximum atomic E-state index is 13.1. The highest BCUT2D eigenvalue weighted by Gasteiger charge is 2.37. The molecule has 3 aromatic carbocycles. The Morgan fingerprint density at radius 3 is 2.55 bits per heavy atom.